The number of carbonyl (C=O) groups is 2. The van der Waals surface area contributed by atoms with Crippen molar-refractivity contribution in [3.05, 3.63) is 47.5 Å². The smallest absolute Gasteiger partial charge is 0.224 e. The molecule has 2 amide bonds. The normalized spacial score (nSPS) is 16.7. The fourth-order valence-electron chi connectivity index (χ4n) is 3.35. The number of aromatic nitrogens is 3. The molecule has 0 spiro atoms. The zero-order chi connectivity index (χ0) is 18.5. The fraction of sp³-hybridized carbons (Fsp3) is 0.474. The molecule has 0 bridgehead atoms. The van der Waals surface area contributed by atoms with Crippen molar-refractivity contribution in [1.29, 1.82) is 0 Å². The topological polar surface area (TPSA) is 80.1 Å². The van der Waals surface area contributed by atoms with Crippen LogP contribution >= 0.6 is 0 Å². The lowest BCUT2D eigenvalue weighted by atomic mass is 10.1. The minimum Gasteiger partial charge on any atom is -0.351 e. The van der Waals surface area contributed by atoms with Gasteiger partial charge in [-0.3, -0.25) is 19.3 Å². The summed E-state index contributed by atoms with van der Waals surface area (Å²) in [6.45, 7) is 5.24. The first-order chi connectivity index (χ1) is 12.5. The predicted octanol–water partition coefficient (Wildman–Crippen LogP) is 1.98. The molecular formula is C19H25N5O2. The molecule has 0 aromatic carbocycles. The SMILES string of the molecule is CC(=O)NCc1cccc([C@@H]2CCCN2C(=O)CCn2nccc2C)n1. The molecule has 1 atom stereocenters. The lowest BCUT2D eigenvalue weighted by Crippen LogP contribution is -2.32. The maximum Gasteiger partial charge on any atom is 0.224 e. The van der Waals surface area contributed by atoms with E-state index in [0.29, 0.717) is 19.5 Å². The van der Waals surface area contributed by atoms with E-state index in [-0.39, 0.29) is 17.9 Å². The molecular weight excluding hydrogens is 330 g/mol. The molecule has 1 aliphatic heterocycles. The van der Waals surface area contributed by atoms with Gasteiger partial charge < -0.3 is 10.2 Å². The van der Waals surface area contributed by atoms with Gasteiger partial charge in [-0.25, -0.2) is 0 Å². The summed E-state index contributed by atoms with van der Waals surface area (Å²) in [5, 5.41) is 7.00. The summed E-state index contributed by atoms with van der Waals surface area (Å²) in [6, 6.07) is 7.74. The van der Waals surface area contributed by atoms with E-state index in [1.807, 2.05) is 40.8 Å². The molecule has 0 unspecified atom stereocenters. The number of amides is 2. The highest BCUT2D eigenvalue weighted by Crippen LogP contribution is 2.31. The zero-order valence-corrected chi connectivity index (χ0v) is 15.3. The first-order valence-corrected chi connectivity index (χ1v) is 9.03. The highest BCUT2D eigenvalue weighted by molar-refractivity contribution is 5.77. The minimum atomic E-state index is -0.0798. The van der Waals surface area contributed by atoms with Gasteiger partial charge in [0.2, 0.25) is 11.8 Å². The fourth-order valence-corrected chi connectivity index (χ4v) is 3.35. The quantitative estimate of drug-likeness (QED) is 0.859. The molecule has 1 aliphatic rings. The maximum absolute atomic E-state index is 12.7. The third-order valence-electron chi connectivity index (χ3n) is 4.73. The Hall–Kier alpha value is -2.70. The van der Waals surface area contributed by atoms with Crippen molar-refractivity contribution in [2.45, 2.75) is 52.2 Å². The Labute approximate surface area is 153 Å². The Morgan fingerprint density at radius 3 is 2.88 bits per heavy atom. The van der Waals surface area contributed by atoms with Gasteiger partial charge in [0.1, 0.15) is 0 Å². The van der Waals surface area contributed by atoms with Gasteiger partial charge in [-0.05, 0) is 38.0 Å². The maximum atomic E-state index is 12.7. The second-order valence-electron chi connectivity index (χ2n) is 6.65. The number of nitrogens with zero attached hydrogens (tertiary/aromatic N) is 4. The summed E-state index contributed by atoms with van der Waals surface area (Å²) in [4.78, 5) is 30.4. The molecule has 2 aromatic rings. The average molecular weight is 355 g/mol. The monoisotopic (exact) mass is 355 g/mol. The van der Waals surface area contributed by atoms with E-state index in [2.05, 4.69) is 15.4 Å². The van der Waals surface area contributed by atoms with Gasteiger partial charge in [0.05, 0.1) is 24.0 Å². The van der Waals surface area contributed by atoms with Crippen LogP contribution in [0.2, 0.25) is 0 Å². The second-order valence-corrected chi connectivity index (χ2v) is 6.65. The first kappa shape index (κ1) is 18.1. The van der Waals surface area contributed by atoms with Crippen LogP contribution in [-0.2, 0) is 22.7 Å². The number of aryl methyl sites for hydroxylation is 2. The van der Waals surface area contributed by atoms with Crippen molar-refractivity contribution in [3.63, 3.8) is 0 Å². The Bertz CT molecular complexity index is 786. The molecule has 1 fully saturated rings. The van der Waals surface area contributed by atoms with Gasteiger partial charge in [-0.15, -0.1) is 0 Å². The van der Waals surface area contributed by atoms with Crippen molar-refractivity contribution < 1.29 is 9.59 Å². The van der Waals surface area contributed by atoms with Crippen LogP contribution in [0.4, 0.5) is 0 Å². The Morgan fingerprint density at radius 1 is 1.31 bits per heavy atom. The van der Waals surface area contributed by atoms with Gasteiger partial charge in [0, 0.05) is 38.3 Å². The number of pyridine rings is 1. The number of rotatable bonds is 6. The van der Waals surface area contributed by atoms with Gasteiger partial charge in [0.25, 0.3) is 0 Å². The largest absolute Gasteiger partial charge is 0.351 e. The van der Waals surface area contributed by atoms with Crippen molar-refractivity contribution in [2.24, 2.45) is 0 Å². The highest BCUT2D eigenvalue weighted by atomic mass is 16.2. The molecule has 2 aromatic heterocycles. The van der Waals surface area contributed by atoms with Crippen molar-refractivity contribution >= 4 is 11.8 Å². The van der Waals surface area contributed by atoms with Crippen LogP contribution in [0, 0.1) is 6.92 Å². The summed E-state index contributed by atoms with van der Waals surface area (Å²) < 4.78 is 1.86. The molecule has 7 heteroatoms. The van der Waals surface area contributed by atoms with E-state index >= 15 is 0 Å². The van der Waals surface area contributed by atoms with Gasteiger partial charge in [-0.2, -0.15) is 5.10 Å². The molecule has 3 rings (SSSR count). The van der Waals surface area contributed by atoms with Crippen LogP contribution in [0.5, 0.6) is 0 Å². The predicted molar refractivity (Wildman–Crippen MR) is 97.0 cm³/mol. The molecule has 3 heterocycles. The molecule has 1 saturated heterocycles. The second kappa shape index (κ2) is 8.12. The van der Waals surface area contributed by atoms with Crippen LogP contribution < -0.4 is 5.32 Å². The summed E-state index contributed by atoms with van der Waals surface area (Å²) in [7, 11) is 0. The Kier molecular flexibility index (Phi) is 5.65. The standard InChI is InChI=1S/C19H25N5O2/c1-14-8-10-21-24(14)12-9-19(26)23-11-4-7-18(23)17-6-3-5-16(22-17)13-20-15(2)25/h3,5-6,8,10,18H,4,7,9,11-13H2,1-2H3,(H,20,25)/t18-/m0/s1. The molecule has 0 radical (unpaired) electrons. The Balaban J connectivity index is 1.65. The van der Waals surface area contributed by atoms with Crippen molar-refractivity contribution in [2.75, 3.05) is 6.54 Å². The van der Waals surface area contributed by atoms with E-state index in [9.17, 15) is 9.59 Å². The van der Waals surface area contributed by atoms with Gasteiger partial charge in [0.15, 0.2) is 0 Å². The lowest BCUT2D eigenvalue weighted by Gasteiger charge is -2.25. The van der Waals surface area contributed by atoms with Crippen molar-refractivity contribution in [3.8, 4) is 0 Å². The molecule has 26 heavy (non-hydrogen) atoms. The lowest BCUT2D eigenvalue weighted by molar-refractivity contribution is -0.132. The first-order valence-electron chi connectivity index (χ1n) is 9.03. The number of hydrogen-bond acceptors (Lipinski definition) is 4. The van der Waals surface area contributed by atoms with Crippen LogP contribution in [0.1, 0.15) is 49.3 Å². The summed E-state index contributed by atoms with van der Waals surface area (Å²) in [5.41, 5.74) is 2.77. The van der Waals surface area contributed by atoms with Crippen LogP contribution in [0.3, 0.4) is 0 Å². The average Bonchev–Trinajstić information content (AvgIpc) is 3.27. The molecule has 7 nitrogen and oxygen atoms in total. The van der Waals surface area contributed by atoms with E-state index in [4.69, 9.17) is 0 Å². The number of hydrogen-bond donors (Lipinski definition) is 1. The van der Waals surface area contributed by atoms with E-state index in [0.717, 1.165) is 36.5 Å². The minimum absolute atomic E-state index is 0.0125. The highest BCUT2D eigenvalue weighted by Gasteiger charge is 2.30. The molecule has 0 aliphatic carbocycles. The van der Waals surface area contributed by atoms with Crippen LogP contribution in [0.15, 0.2) is 30.5 Å². The third kappa shape index (κ3) is 4.28. The number of nitrogens with one attached hydrogen (secondary N) is 1. The van der Waals surface area contributed by atoms with Gasteiger partial charge >= 0.3 is 0 Å². The molecule has 0 saturated carbocycles. The third-order valence-corrected chi connectivity index (χ3v) is 4.73. The van der Waals surface area contributed by atoms with Crippen molar-refractivity contribution in [1.82, 2.24) is 25.0 Å². The number of likely N-dealkylation sites (tertiary alicyclic amines) is 1. The number of carbonyl (C=O) groups excluding carboxylic acids is 2. The van der Waals surface area contributed by atoms with Gasteiger partial charge in [-0.1, -0.05) is 6.07 Å². The van der Waals surface area contributed by atoms with Crippen LogP contribution in [0.25, 0.3) is 0 Å². The van der Waals surface area contributed by atoms with E-state index < -0.39 is 0 Å². The molecule has 1 N–H and O–H groups in total. The Morgan fingerprint density at radius 2 is 2.15 bits per heavy atom. The van der Waals surface area contributed by atoms with E-state index in [1.54, 1.807) is 6.20 Å². The zero-order valence-electron chi connectivity index (χ0n) is 15.3. The summed E-state index contributed by atoms with van der Waals surface area (Å²) in [6.07, 6.45) is 4.09. The summed E-state index contributed by atoms with van der Waals surface area (Å²) >= 11 is 0. The summed E-state index contributed by atoms with van der Waals surface area (Å²) in [5.74, 6) is 0.0558. The van der Waals surface area contributed by atoms with E-state index in [1.165, 1.54) is 6.92 Å². The molecule has 138 valence electrons. The van der Waals surface area contributed by atoms with Crippen LogP contribution in [-0.4, -0.2) is 38.0 Å².